The lowest BCUT2D eigenvalue weighted by atomic mass is 10.0. The van der Waals surface area contributed by atoms with E-state index in [0.29, 0.717) is 12.2 Å². The second kappa shape index (κ2) is 10.5. The average molecular weight is 276 g/mol. The van der Waals surface area contributed by atoms with Crippen LogP contribution in [0.5, 0.6) is 5.75 Å². The molecule has 0 unspecified atom stereocenters. The van der Waals surface area contributed by atoms with Crippen molar-refractivity contribution in [1.82, 2.24) is 0 Å². The zero-order valence-electron chi connectivity index (χ0n) is 12.9. The molecule has 0 saturated heterocycles. The van der Waals surface area contributed by atoms with Crippen LogP contribution in [0.3, 0.4) is 0 Å². The molecule has 0 amide bonds. The van der Waals surface area contributed by atoms with Gasteiger partial charge in [0.05, 0.1) is 0 Å². The van der Waals surface area contributed by atoms with E-state index >= 15 is 0 Å². The molecule has 0 spiro atoms. The highest BCUT2D eigenvalue weighted by atomic mass is 16.5. The Morgan fingerprint density at radius 2 is 1.55 bits per heavy atom. The van der Waals surface area contributed by atoms with Gasteiger partial charge in [-0.05, 0) is 24.5 Å². The van der Waals surface area contributed by atoms with Gasteiger partial charge in [-0.25, -0.2) is 0 Å². The third-order valence-corrected chi connectivity index (χ3v) is 3.39. The fourth-order valence-electron chi connectivity index (χ4n) is 2.20. The number of esters is 1. The van der Waals surface area contributed by atoms with Crippen molar-refractivity contribution in [2.75, 3.05) is 0 Å². The molecule has 0 heterocycles. The predicted octanol–water partition coefficient (Wildman–Crippen LogP) is 5.37. The lowest BCUT2D eigenvalue weighted by molar-refractivity contribution is -0.134. The quantitative estimate of drug-likeness (QED) is 0.326. The summed E-state index contributed by atoms with van der Waals surface area (Å²) >= 11 is 0. The molecule has 0 aromatic heterocycles. The minimum absolute atomic E-state index is 0.115. The maximum absolute atomic E-state index is 11.6. The highest BCUT2D eigenvalue weighted by Gasteiger charge is 2.03. The van der Waals surface area contributed by atoms with Crippen molar-refractivity contribution in [2.24, 2.45) is 5.92 Å². The van der Waals surface area contributed by atoms with Gasteiger partial charge in [0.1, 0.15) is 5.75 Å². The zero-order chi connectivity index (χ0) is 14.6. The Labute approximate surface area is 123 Å². The summed E-state index contributed by atoms with van der Waals surface area (Å²) in [6, 6.07) is 9.29. The molecule has 20 heavy (non-hydrogen) atoms. The number of hydrogen-bond donors (Lipinski definition) is 0. The van der Waals surface area contributed by atoms with Gasteiger partial charge >= 0.3 is 5.97 Å². The van der Waals surface area contributed by atoms with Crippen molar-refractivity contribution < 1.29 is 9.53 Å². The molecule has 0 aliphatic carbocycles. The molecule has 0 aliphatic heterocycles. The van der Waals surface area contributed by atoms with Crippen molar-refractivity contribution in [3.05, 3.63) is 30.3 Å². The van der Waals surface area contributed by atoms with Crippen molar-refractivity contribution in [3.63, 3.8) is 0 Å². The first kappa shape index (κ1) is 16.7. The van der Waals surface area contributed by atoms with E-state index in [2.05, 4.69) is 13.8 Å². The molecule has 1 aromatic rings. The fourth-order valence-corrected chi connectivity index (χ4v) is 2.20. The summed E-state index contributed by atoms with van der Waals surface area (Å²) in [6.07, 6.45) is 9.13. The Bertz CT molecular complexity index is 357. The summed E-state index contributed by atoms with van der Waals surface area (Å²) in [5, 5.41) is 0. The first-order chi connectivity index (χ1) is 9.68. The van der Waals surface area contributed by atoms with Gasteiger partial charge in [-0.15, -0.1) is 0 Å². The molecule has 2 heteroatoms. The van der Waals surface area contributed by atoms with Crippen molar-refractivity contribution in [3.8, 4) is 5.75 Å². The van der Waals surface area contributed by atoms with Crippen molar-refractivity contribution in [2.45, 2.75) is 65.2 Å². The maximum atomic E-state index is 11.6. The highest BCUT2D eigenvalue weighted by Crippen LogP contribution is 2.13. The van der Waals surface area contributed by atoms with Crippen LogP contribution in [0.2, 0.25) is 0 Å². The van der Waals surface area contributed by atoms with E-state index in [0.717, 1.165) is 18.8 Å². The van der Waals surface area contributed by atoms with Gasteiger partial charge in [0.15, 0.2) is 0 Å². The molecule has 0 fully saturated rings. The van der Waals surface area contributed by atoms with Gasteiger partial charge in [-0.1, -0.05) is 70.6 Å². The van der Waals surface area contributed by atoms with Crippen molar-refractivity contribution >= 4 is 5.97 Å². The van der Waals surface area contributed by atoms with Crippen molar-refractivity contribution in [1.29, 1.82) is 0 Å². The van der Waals surface area contributed by atoms with E-state index in [-0.39, 0.29) is 5.97 Å². The third-order valence-electron chi connectivity index (χ3n) is 3.39. The third kappa shape index (κ3) is 8.73. The topological polar surface area (TPSA) is 26.3 Å². The minimum Gasteiger partial charge on any atom is -0.427 e. The van der Waals surface area contributed by atoms with E-state index < -0.39 is 0 Å². The molecule has 112 valence electrons. The maximum Gasteiger partial charge on any atom is 0.311 e. The number of ether oxygens (including phenoxy) is 1. The van der Waals surface area contributed by atoms with Gasteiger partial charge < -0.3 is 4.74 Å². The Kier molecular flexibility index (Phi) is 8.77. The first-order valence-corrected chi connectivity index (χ1v) is 7.94. The highest BCUT2D eigenvalue weighted by molar-refractivity contribution is 5.72. The van der Waals surface area contributed by atoms with Crippen LogP contribution in [0.15, 0.2) is 30.3 Å². The fraction of sp³-hybridized carbons (Fsp3) is 0.611. The molecule has 0 atom stereocenters. The second-order valence-corrected chi connectivity index (χ2v) is 5.84. The first-order valence-electron chi connectivity index (χ1n) is 7.94. The molecule has 1 rings (SSSR count). The summed E-state index contributed by atoms with van der Waals surface area (Å²) < 4.78 is 5.25. The Morgan fingerprint density at radius 3 is 2.20 bits per heavy atom. The van der Waals surface area contributed by atoms with Gasteiger partial charge in [-0.2, -0.15) is 0 Å². The lowest BCUT2D eigenvalue weighted by Gasteiger charge is -2.05. The van der Waals surface area contributed by atoms with Crippen LogP contribution in [-0.4, -0.2) is 5.97 Å². The smallest absolute Gasteiger partial charge is 0.311 e. The van der Waals surface area contributed by atoms with E-state index in [1.165, 1.54) is 32.1 Å². The number of hydrogen-bond acceptors (Lipinski definition) is 2. The molecule has 0 radical (unpaired) electrons. The molecular formula is C18H28O2. The number of unbranched alkanes of at least 4 members (excludes halogenated alkanes) is 5. The molecule has 0 N–H and O–H groups in total. The van der Waals surface area contributed by atoms with Crippen LogP contribution in [0, 0.1) is 5.92 Å². The Balaban J connectivity index is 1.95. The van der Waals surface area contributed by atoms with Crippen LogP contribution >= 0.6 is 0 Å². The summed E-state index contributed by atoms with van der Waals surface area (Å²) in [5.74, 6) is 1.35. The Morgan fingerprint density at radius 1 is 0.950 bits per heavy atom. The van der Waals surface area contributed by atoms with Gasteiger partial charge in [0, 0.05) is 6.42 Å². The standard InChI is InChI=1S/C18H28O2/c1-16(2)12-8-5-3-4-6-11-15-18(19)20-17-13-9-7-10-14-17/h7,9-10,13-14,16H,3-6,8,11-12,15H2,1-2H3. The number of carbonyl (C=O) groups is 1. The lowest BCUT2D eigenvalue weighted by Crippen LogP contribution is -2.07. The molecule has 0 saturated carbocycles. The number of carbonyl (C=O) groups excluding carboxylic acids is 1. The number of para-hydroxylation sites is 1. The van der Waals surface area contributed by atoms with Gasteiger partial charge in [0.2, 0.25) is 0 Å². The summed E-state index contributed by atoms with van der Waals surface area (Å²) in [7, 11) is 0. The van der Waals surface area contributed by atoms with Crippen LogP contribution < -0.4 is 4.74 Å². The average Bonchev–Trinajstić information content (AvgIpc) is 2.42. The number of benzene rings is 1. The Hall–Kier alpha value is -1.31. The summed E-state index contributed by atoms with van der Waals surface area (Å²) in [6.45, 7) is 4.55. The van der Waals surface area contributed by atoms with E-state index in [4.69, 9.17) is 4.74 Å². The predicted molar refractivity (Wildman–Crippen MR) is 83.9 cm³/mol. The van der Waals surface area contributed by atoms with Gasteiger partial charge in [-0.3, -0.25) is 4.79 Å². The minimum atomic E-state index is -0.115. The number of rotatable bonds is 10. The van der Waals surface area contributed by atoms with E-state index in [1.807, 2.05) is 30.3 Å². The SMILES string of the molecule is CC(C)CCCCCCCCC(=O)Oc1ccccc1. The van der Waals surface area contributed by atoms with Crippen LogP contribution in [-0.2, 0) is 4.79 Å². The van der Waals surface area contributed by atoms with Crippen LogP contribution in [0.25, 0.3) is 0 Å². The molecule has 0 aliphatic rings. The van der Waals surface area contributed by atoms with E-state index in [9.17, 15) is 4.79 Å². The molecule has 1 aromatic carbocycles. The summed E-state index contributed by atoms with van der Waals surface area (Å²) in [5.41, 5.74) is 0. The largest absolute Gasteiger partial charge is 0.427 e. The van der Waals surface area contributed by atoms with Crippen LogP contribution in [0.4, 0.5) is 0 Å². The normalized spacial score (nSPS) is 10.8. The monoisotopic (exact) mass is 276 g/mol. The summed E-state index contributed by atoms with van der Waals surface area (Å²) in [4.78, 5) is 11.6. The van der Waals surface area contributed by atoms with Gasteiger partial charge in [0.25, 0.3) is 0 Å². The molecule has 2 nitrogen and oxygen atoms in total. The molecular weight excluding hydrogens is 248 g/mol. The van der Waals surface area contributed by atoms with Crippen LogP contribution in [0.1, 0.15) is 65.2 Å². The zero-order valence-corrected chi connectivity index (χ0v) is 12.9. The second-order valence-electron chi connectivity index (χ2n) is 5.84. The van der Waals surface area contributed by atoms with E-state index in [1.54, 1.807) is 0 Å². The molecule has 0 bridgehead atoms.